The molecule has 0 aromatic heterocycles. The second kappa shape index (κ2) is 8.38. The average molecular weight is 242 g/mol. The van der Waals surface area contributed by atoms with E-state index < -0.39 is 0 Å². The zero-order valence-electron chi connectivity index (χ0n) is 7.68. The zero-order chi connectivity index (χ0) is 6.85. The summed E-state index contributed by atoms with van der Waals surface area (Å²) in [5, 5.41) is 0. The third kappa shape index (κ3) is 4.72. The summed E-state index contributed by atoms with van der Waals surface area (Å²) >= 11 is 0. The van der Waals surface area contributed by atoms with Gasteiger partial charge in [-0.3, -0.25) is 6.08 Å². The summed E-state index contributed by atoms with van der Waals surface area (Å²) in [6, 6.07) is 0. The van der Waals surface area contributed by atoms with Crippen molar-refractivity contribution in [3.63, 3.8) is 0 Å². The molecule has 0 N–H and O–H groups in total. The van der Waals surface area contributed by atoms with E-state index in [1.165, 1.54) is 11.1 Å². The molecule has 1 aliphatic rings. The largest absolute Gasteiger partial charge is 0.266 e. The van der Waals surface area contributed by atoms with Gasteiger partial charge in [-0.1, -0.05) is 26.2 Å². The van der Waals surface area contributed by atoms with E-state index >= 15 is 0 Å². The van der Waals surface area contributed by atoms with Gasteiger partial charge in [-0.15, -0.1) is 31.7 Å². The van der Waals surface area contributed by atoms with Crippen LogP contribution in [-0.4, -0.2) is 0 Å². The molecular weight excluding hydrogens is 227 g/mol. The summed E-state index contributed by atoms with van der Waals surface area (Å²) in [4.78, 5) is 0. The molecule has 70 valence electrons. The van der Waals surface area contributed by atoms with Gasteiger partial charge in [0, 0.05) is 21.7 Å². The van der Waals surface area contributed by atoms with Crippen molar-refractivity contribution in [1.29, 1.82) is 0 Å². The Labute approximate surface area is 103 Å². The molecule has 0 aromatic rings. The molecule has 1 unspecified atom stereocenters. The Morgan fingerprint density at radius 2 is 1.92 bits per heavy atom. The molecule has 1 atom stereocenters. The van der Waals surface area contributed by atoms with Gasteiger partial charge in [-0.2, -0.15) is 6.08 Å². The number of allylic oxidation sites excluding steroid dienone is 4. The molecule has 0 heterocycles. The van der Waals surface area contributed by atoms with E-state index in [1.807, 2.05) is 0 Å². The van der Waals surface area contributed by atoms with Crippen molar-refractivity contribution in [2.75, 3.05) is 0 Å². The number of hydrogen-bond acceptors (Lipinski definition) is 0. The minimum absolute atomic E-state index is 0. The predicted octanol–water partition coefficient (Wildman–Crippen LogP) is 3.56. The Morgan fingerprint density at radius 1 is 1.42 bits per heavy atom. The van der Waals surface area contributed by atoms with Gasteiger partial charge in [0.2, 0.25) is 0 Å². The van der Waals surface area contributed by atoms with Crippen LogP contribution in [0.2, 0.25) is 0 Å². The molecule has 0 saturated carbocycles. The SMILES string of the molecule is CCC1=[C-]C(C)C=C1C.Cl.Cl.[Ti]. The van der Waals surface area contributed by atoms with E-state index in [1.54, 1.807) is 0 Å². The van der Waals surface area contributed by atoms with Crippen LogP contribution in [-0.2, 0) is 21.7 Å². The normalized spacial score (nSPS) is 19.4. The smallest absolute Gasteiger partial charge is 0 e. The van der Waals surface area contributed by atoms with Gasteiger partial charge in [0.1, 0.15) is 0 Å². The van der Waals surface area contributed by atoms with Crippen molar-refractivity contribution < 1.29 is 21.7 Å². The van der Waals surface area contributed by atoms with E-state index in [0.717, 1.165) is 6.42 Å². The predicted molar refractivity (Wildman–Crippen MR) is 54.5 cm³/mol. The maximum Gasteiger partial charge on any atom is 0 e. The monoisotopic (exact) mass is 241 g/mol. The summed E-state index contributed by atoms with van der Waals surface area (Å²) in [5.74, 6) is 0.556. The fourth-order valence-corrected chi connectivity index (χ4v) is 1.29. The second-order valence-corrected chi connectivity index (χ2v) is 2.61. The zero-order valence-corrected chi connectivity index (χ0v) is 10.9. The van der Waals surface area contributed by atoms with Gasteiger partial charge in [0.05, 0.1) is 0 Å². The molecule has 3 heteroatoms. The molecule has 0 aliphatic heterocycles. The van der Waals surface area contributed by atoms with Crippen LogP contribution in [0.25, 0.3) is 0 Å². The van der Waals surface area contributed by atoms with Crippen LogP contribution in [0.15, 0.2) is 17.2 Å². The Morgan fingerprint density at radius 3 is 2.08 bits per heavy atom. The first kappa shape index (κ1) is 18.5. The maximum absolute atomic E-state index is 3.38. The van der Waals surface area contributed by atoms with Crippen LogP contribution in [0.4, 0.5) is 0 Å². The molecule has 0 radical (unpaired) electrons. The molecule has 1 aliphatic carbocycles. The van der Waals surface area contributed by atoms with Crippen LogP contribution in [0.3, 0.4) is 0 Å². The average Bonchev–Trinajstić information content (AvgIpc) is 2.10. The molecule has 0 spiro atoms. The van der Waals surface area contributed by atoms with Crippen molar-refractivity contribution in [1.82, 2.24) is 0 Å². The third-order valence-electron chi connectivity index (χ3n) is 1.73. The second-order valence-electron chi connectivity index (χ2n) is 2.61. The summed E-state index contributed by atoms with van der Waals surface area (Å²) < 4.78 is 0. The first-order valence-corrected chi connectivity index (χ1v) is 3.55. The van der Waals surface area contributed by atoms with Gasteiger partial charge in [-0.25, -0.2) is 11.1 Å². The number of hydrogen-bond donors (Lipinski definition) is 0. The van der Waals surface area contributed by atoms with Crippen LogP contribution in [0.1, 0.15) is 27.2 Å². The molecule has 0 nitrogen and oxygen atoms in total. The van der Waals surface area contributed by atoms with Gasteiger partial charge in [-0.05, 0) is 0 Å². The topological polar surface area (TPSA) is 0 Å². The fourth-order valence-electron chi connectivity index (χ4n) is 1.29. The standard InChI is InChI=1S/C9H13.2ClH.Ti/c1-4-9-6-7(2)5-8(9)3;;;/h5,7H,4H2,1-3H3;2*1H;/q-1;;;. The summed E-state index contributed by atoms with van der Waals surface area (Å²) in [7, 11) is 0. The Kier molecular flexibility index (Phi) is 12.9. The summed E-state index contributed by atoms with van der Waals surface area (Å²) in [6.45, 7) is 6.51. The van der Waals surface area contributed by atoms with Crippen molar-refractivity contribution >= 4 is 24.8 Å². The molecule has 0 amide bonds. The van der Waals surface area contributed by atoms with E-state index in [-0.39, 0.29) is 46.5 Å². The van der Waals surface area contributed by atoms with Crippen molar-refractivity contribution in [3.05, 3.63) is 23.3 Å². The van der Waals surface area contributed by atoms with Gasteiger partial charge in [0.25, 0.3) is 0 Å². The van der Waals surface area contributed by atoms with Gasteiger partial charge in [0.15, 0.2) is 0 Å². The molecular formula is C9H15Cl2Ti-. The van der Waals surface area contributed by atoms with Crippen molar-refractivity contribution in [3.8, 4) is 0 Å². The molecule has 0 bridgehead atoms. The molecule has 0 fully saturated rings. The molecule has 12 heavy (non-hydrogen) atoms. The Bertz CT molecular complexity index is 173. The van der Waals surface area contributed by atoms with E-state index in [9.17, 15) is 0 Å². The first-order valence-electron chi connectivity index (χ1n) is 3.55. The van der Waals surface area contributed by atoms with Crippen LogP contribution < -0.4 is 0 Å². The molecule has 1 rings (SSSR count). The van der Waals surface area contributed by atoms with E-state index in [0.29, 0.717) is 5.92 Å². The molecule has 0 saturated heterocycles. The van der Waals surface area contributed by atoms with Crippen LogP contribution in [0.5, 0.6) is 0 Å². The fraction of sp³-hybridized carbons (Fsp3) is 0.556. The molecule has 0 aromatic carbocycles. The summed E-state index contributed by atoms with van der Waals surface area (Å²) in [5.41, 5.74) is 2.83. The van der Waals surface area contributed by atoms with Crippen molar-refractivity contribution in [2.45, 2.75) is 27.2 Å². The van der Waals surface area contributed by atoms with Crippen LogP contribution in [0, 0.1) is 12.0 Å². The minimum Gasteiger partial charge on any atom is -0.266 e. The Balaban J connectivity index is -0.000000270. The number of rotatable bonds is 1. The first-order chi connectivity index (χ1) is 4.24. The van der Waals surface area contributed by atoms with Crippen LogP contribution >= 0.6 is 24.8 Å². The number of halogens is 2. The van der Waals surface area contributed by atoms with Gasteiger partial charge < -0.3 is 0 Å². The maximum atomic E-state index is 3.38. The quantitative estimate of drug-likeness (QED) is 0.487. The van der Waals surface area contributed by atoms with Gasteiger partial charge >= 0.3 is 0 Å². The minimum atomic E-state index is 0. The van der Waals surface area contributed by atoms with E-state index in [2.05, 4.69) is 32.9 Å². The van der Waals surface area contributed by atoms with Crippen molar-refractivity contribution in [2.24, 2.45) is 5.92 Å². The van der Waals surface area contributed by atoms with E-state index in [4.69, 9.17) is 0 Å². The summed E-state index contributed by atoms with van der Waals surface area (Å²) in [6.07, 6.45) is 6.77. The Hall–Kier alpha value is 0.774. The third-order valence-corrected chi connectivity index (χ3v) is 1.73.